The number of amides is 1. The highest BCUT2D eigenvalue weighted by Gasteiger charge is 2.28. The fraction of sp³-hybridized carbons (Fsp3) is 0.153. The average molecular weight is 1440 g/mol. The third kappa shape index (κ3) is 15.5. The lowest BCUT2D eigenvalue weighted by Gasteiger charge is -2.16. The molecule has 0 saturated heterocycles. The van der Waals surface area contributed by atoms with Crippen LogP contribution in [0.5, 0.6) is 5.75 Å². The number of carbonyl (C=O) groups excluding carboxylic acids is 1. The van der Waals surface area contributed by atoms with Gasteiger partial charge in [-0.25, -0.2) is 53.1 Å². The molecule has 0 fully saturated rings. The summed E-state index contributed by atoms with van der Waals surface area (Å²) in [5, 5.41) is 5.75. The summed E-state index contributed by atoms with van der Waals surface area (Å²) in [6.07, 6.45) is 10.8. The Balaban J connectivity index is 0.000000152. The third-order valence-electron chi connectivity index (χ3n) is 16.2. The minimum Gasteiger partial charge on any atom is -0.496 e. The Bertz CT molecular complexity index is 5190. The number of nitrogens with one attached hydrogen (secondary N) is 6. The first-order valence-electron chi connectivity index (χ1n) is 29.6. The predicted molar refractivity (Wildman–Crippen MR) is 386 cm³/mol. The van der Waals surface area contributed by atoms with Gasteiger partial charge in [0.1, 0.15) is 5.75 Å². The topological polar surface area (TPSA) is 252 Å². The van der Waals surface area contributed by atoms with Crippen molar-refractivity contribution in [2.75, 3.05) is 45.4 Å². The Morgan fingerprint density at radius 1 is 0.412 bits per heavy atom. The van der Waals surface area contributed by atoms with Gasteiger partial charge in [0.2, 0.25) is 0 Å². The van der Waals surface area contributed by atoms with Crippen molar-refractivity contribution in [3.05, 3.63) is 270 Å². The van der Waals surface area contributed by atoms with Gasteiger partial charge in [-0.05, 0) is 206 Å². The van der Waals surface area contributed by atoms with Gasteiger partial charge in [0.05, 0.1) is 75.7 Å². The SMILES string of the molecule is [C-]#[N+]c1cccc(S(=O)(=O)Nc2ccc(Br)c3c2CC=C3C)c1.[C-]#[N+]c1cccc(S(=O)(=O)Nc2ccc(C(=O)NC)c3c2CC=C3C)c1.[C-]#[N+]c1cccc(S(=O)(=O)Nc2ccc(NC)c3c2CC=C3C)c1.[C-]#[N+]c1cccc(S(=O)(=O)Nc2ccc(OC)c3c2CC=C3C)c1. The minimum absolute atomic E-state index is 0.0257. The van der Waals surface area contributed by atoms with Crippen LogP contribution in [0.15, 0.2) is 194 Å². The van der Waals surface area contributed by atoms with Gasteiger partial charge in [-0.15, -0.1) is 0 Å². The Labute approximate surface area is 574 Å². The number of sulfonamides is 4. The maximum Gasteiger partial charge on any atom is 0.260 e. The van der Waals surface area contributed by atoms with E-state index < -0.39 is 40.1 Å². The van der Waals surface area contributed by atoms with Gasteiger partial charge in [0.25, 0.3) is 46.0 Å². The highest BCUT2D eigenvalue weighted by Crippen LogP contribution is 2.43. The van der Waals surface area contributed by atoms with E-state index in [1.165, 1.54) is 54.6 Å². The molecule has 8 aromatic carbocycles. The molecule has 0 radical (unpaired) electrons. The first-order chi connectivity index (χ1) is 46.2. The van der Waals surface area contributed by atoms with Crippen LogP contribution in [-0.4, -0.2) is 60.8 Å². The lowest BCUT2D eigenvalue weighted by atomic mass is 9.97. The lowest BCUT2D eigenvalue weighted by molar-refractivity contribution is 0.0962. The van der Waals surface area contributed by atoms with Crippen molar-refractivity contribution in [3.63, 3.8) is 0 Å². The summed E-state index contributed by atoms with van der Waals surface area (Å²) in [4.78, 5) is 25.5. The van der Waals surface area contributed by atoms with Gasteiger partial charge < -0.3 is 15.4 Å². The van der Waals surface area contributed by atoms with Crippen molar-refractivity contribution < 1.29 is 43.2 Å². The van der Waals surface area contributed by atoms with Crippen LogP contribution in [0.1, 0.15) is 82.6 Å². The van der Waals surface area contributed by atoms with E-state index in [0.29, 0.717) is 65.4 Å². The van der Waals surface area contributed by atoms with Crippen LogP contribution in [0.4, 0.5) is 51.2 Å². The molecule has 12 rings (SSSR count). The molecular formula is C72H63BrN10O10S4. The molecule has 0 bridgehead atoms. The van der Waals surface area contributed by atoms with Crippen molar-refractivity contribution >= 4 is 135 Å². The molecule has 4 aliphatic carbocycles. The molecule has 0 aromatic heterocycles. The van der Waals surface area contributed by atoms with Gasteiger partial charge in [0, 0.05) is 40.9 Å². The van der Waals surface area contributed by atoms with Crippen LogP contribution in [0.3, 0.4) is 0 Å². The predicted octanol–water partition coefficient (Wildman–Crippen LogP) is 16.2. The zero-order chi connectivity index (χ0) is 70.1. The summed E-state index contributed by atoms with van der Waals surface area (Å²) in [5.74, 6) is 0.518. The van der Waals surface area contributed by atoms with E-state index in [9.17, 15) is 38.5 Å². The summed E-state index contributed by atoms with van der Waals surface area (Å²) >= 11 is 3.51. The fourth-order valence-corrected chi connectivity index (χ4v) is 16.6. The smallest absolute Gasteiger partial charge is 0.260 e. The number of anilines is 5. The molecule has 0 aliphatic heterocycles. The molecule has 97 heavy (non-hydrogen) atoms. The van der Waals surface area contributed by atoms with E-state index in [1.54, 1.807) is 93.0 Å². The van der Waals surface area contributed by atoms with E-state index in [-0.39, 0.29) is 36.9 Å². The molecular weight excluding hydrogens is 1370 g/mol. The molecule has 4 aliphatic rings. The van der Waals surface area contributed by atoms with Crippen LogP contribution in [0, 0.1) is 26.3 Å². The summed E-state index contributed by atoms with van der Waals surface area (Å²) in [5.41, 5.74) is 16.4. The zero-order valence-electron chi connectivity index (χ0n) is 53.4. The first-order valence-corrected chi connectivity index (χ1v) is 36.4. The molecule has 6 N–H and O–H groups in total. The Kier molecular flexibility index (Phi) is 21.4. The monoisotopic (exact) mass is 1430 g/mol. The molecule has 8 aromatic rings. The first kappa shape index (κ1) is 70.5. The second-order valence-electron chi connectivity index (χ2n) is 22.2. The van der Waals surface area contributed by atoms with Crippen molar-refractivity contribution in [1.29, 1.82) is 0 Å². The maximum atomic E-state index is 12.7. The lowest BCUT2D eigenvalue weighted by Crippen LogP contribution is -2.20. The van der Waals surface area contributed by atoms with E-state index in [1.807, 2.05) is 59.0 Å². The minimum atomic E-state index is -3.84. The molecule has 0 spiro atoms. The summed E-state index contributed by atoms with van der Waals surface area (Å²) in [7, 11) is -10.1. The van der Waals surface area contributed by atoms with Crippen LogP contribution in [-0.2, 0) is 65.8 Å². The zero-order valence-corrected chi connectivity index (χ0v) is 58.2. The van der Waals surface area contributed by atoms with E-state index >= 15 is 0 Å². The summed E-state index contributed by atoms with van der Waals surface area (Å²) in [6, 6.07) is 37.8. The van der Waals surface area contributed by atoms with Crippen molar-refractivity contribution in [3.8, 4) is 5.75 Å². The Hall–Kier alpha value is -10.8. The molecule has 492 valence electrons. The van der Waals surface area contributed by atoms with Gasteiger partial charge in [-0.1, -0.05) is 88.8 Å². The highest BCUT2D eigenvalue weighted by molar-refractivity contribution is 9.10. The van der Waals surface area contributed by atoms with Crippen molar-refractivity contribution in [2.24, 2.45) is 0 Å². The Morgan fingerprint density at radius 2 is 0.722 bits per heavy atom. The number of halogens is 1. The van der Waals surface area contributed by atoms with E-state index in [2.05, 4.69) is 77.0 Å². The van der Waals surface area contributed by atoms with Crippen LogP contribution < -0.4 is 34.3 Å². The second kappa shape index (κ2) is 29.5. The Morgan fingerprint density at radius 3 is 1.09 bits per heavy atom. The largest absolute Gasteiger partial charge is 0.496 e. The number of rotatable bonds is 15. The molecule has 0 heterocycles. The second-order valence-corrected chi connectivity index (χ2v) is 29.8. The summed E-state index contributed by atoms with van der Waals surface area (Å²) in [6.45, 7) is 36.0. The molecule has 0 atom stereocenters. The normalized spacial score (nSPS) is 12.9. The molecule has 1 amide bonds. The summed E-state index contributed by atoms with van der Waals surface area (Å²) < 4.78 is 118. The number of allylic oxidation sites excluding steroid dienone is 8. The molecule has 25 heteroatoms. The van der Waals surface area contributed by atoms with Gasteiger partial charge in [-0.2, -0.15) is 0 Å². The molecule has 0 saturated carbocycles. The average Bonchev–Trinajstić information content (AvgIpc) is 1.73. The number of hydrogen-bond donors (Lipinski definition) is 6. The number of nitrogens with zero attached hydrogens (tertiary/aromatic N) is 4. The number of benzene rings is 8. The molecule has 0 unspecified atom stereocenters. The maximum absolute atomic E-state index is 12.7. The highest BCUT2D eigenvalue weighted by atomic mass is 79.9. The number of carbonyl (C=O) groups is 1. The van der Waals surface area contributed by atoms with Crippen LogP contribution in [0.2, 0.25) is 0 Å². The number of methoxy groups -OCH3 is 1. The third-order valence-corrected chi connectivity index (χ3v) is 22.3. The van der Waals surface area contributed by atoms with Crippen LogP contribution >= 0.6 is 15.9 Å². The quantitative estimate of drug-likeness (QED) is 0.0526. The van der Waals surface area contributed by atoms with E-state index in [0.717, 1.165) is 82.7 Å². The fourth-order valence-electron chi connectivity index (χ4n) is 11.4. The van der Waals surface area contributed by atoms with E-state index in [4.69, 9.17) is 31.0 Å². The van der Waals surface area contributed by atoms with Crippen molar-refractivity contribution in [2.45, 2.75) is 73.0 Å². The van der Waals surface area contributed by atoms with Gasteiger partial charge in [0.15, 0.2) is 22.7 Å². The standard InChI is InChI=1S/C19H17N3O3S.C18H17N3O2S.C18H16N2O3S.C17H13BrN2O2S/c1-12-7-8-15-17(10-9-16(18(12)15)19(23)21-3)22-26(24,25)14-6-4-5-13(11-14)20-2;1-12-7-8-15-16(9-10-17(20-3)18(12)15)21-24(22,23)14-6-4-5-13(11-14)19-2;1-12-7-8-15-16(9-10-17(23-3)18(12)15)20-24(21,22)14-6-4-5-13(11-14)19-2;1-11-6-7-14-16(9-8-15(18)17(11)14)20-23(21,22)13-5-3-4-12(10-13)19-2/h4-7,9-11,22H,8H2,1,3H3,(H,21,23);4-7,9-11,20-21H,8H2,1,3H3;4-7,9-11,20H,8H2,1,3H3;3-6,8-10,20H,7H2,1H3. The molecule has 20 nitrogen and oxygen atoms in total. The van der Waals surface area contributed by atoms with Crippen molar-refractivity contribution in [1.82, 2.24) is 5.32 Å². The van der Waals surface area contributed by atoms with Crippen LogP contribution in [0.25, 0.3) is 41.7 Å². The number of hydrogen-bond acceptors (Lipinski definition) is 11. The number of fused-ring (bicyclic) bond motifs is 4. The van der Waals surface area contributed by atoms with Gasteiger partial charge >= 0.3 is 0 Å². The van der Waals surface area contributed by atoms with Gasteiger partial charge in [-0.3, -0.25) is 23.7 Å². The number of ether oxygens (including phenoxy) is 1.